The molecule has 0 aromatic heterocycles. The Balaban J connectivity index is 1.45. The molecule has 1 N–H and O–H groups in total. The number of allylic oxidation sites excluding steroid dienone is 3. The Morgan fingerprint density at radius 1 is 1.20 bits per heavy atom. The van der Waals surface area contributed by atoms with Gasteiger partial charge in [0.25, 0.3) is 0 Å². The van der Waals surface area contributed by atoms with Crippen molar-refractivity contribution in [1.82, 2.24) is 5.32 Å². The number of halogens is 1. The number of ether oxygens (including phenoxy) is 2. The molecule has 4 rings (SSSR count). The third kappa shape index (κ3) is 4.26. The van der Waals surface area contributed by atoms with Crippen LogP contribution in [0, 0.1) is 0 Å². The van der Waals surface area contributed by atoms with Crippen molar-refractivity contribution in [3.8, 4) is 11.5 Å². The van der Waals surface area contributed by atoms with E-state index < -0.39 is 5.41 Å². The van der Waals surface area contributed by atoms with E-state index >= 15 is 0 Å². The summed E-state index contributed by atoms with van der Waals surface area (Å²) in [4.78, 5) is 17.4. The summed E-state index contributed by atoms with van der Waals surface area (Å²) in [5.74, 6) is 1.86. The van der Waals surface area contributed by atoms with Crippen LogP contribution in [-0.2, 0) is 16.6 Å². The van der Waals surface area contributed by atoms with E-state index in [0.717, 1.165) is 34.7 Å². The van der Waals surface area contributed by atoms with Crippen molar-refractivity contribution in [1.29, 1.82) is 0 Å². The zero-order valence-electron chi connectivity index (χ0n) is 16.7. The topological polar surface area (TPSA) is 59.9 Å². The Hall–Kier alpha value is -3.05. The van der Waals surface area contributed by atoms with Gasteiger partial charge < -0.3 is 14.8 Å². The smallest absolute Gasteiger partial charge is 0.236 e. The highest BCUT2D eigenvalue weighted by Gasteiger charge is 2.51. The number of hydrogen-bond acceptors (Lipinski definition) is 4. The van der Waals surface area contributed by atoms with Gasteiger partial charge in [-0.2, -0.15) is 0 Å². The average Bonchev–Trinajstić information content (AvgIpc) is 3.43. The lowest BCUT2D eigenvalue weighted by molar-refractivity contribution is -0.122. The number of hydrogen-bond donors (Lipinski definition) is 1. The van der Waals surface area contributed by atoms with Crippen LogP contribution in [0.4, 0.5) is 0 Å². The zero-order chi connectivity index (χ0) is 21.0. The molecule has 0 saturated heterocycles. The van der Waals surface area contributed by atoms with Crippen LogP contribution in [0.25, 0.3) is 0 Å². The minimum atomic E-state index is -0.537. The summed E-state index contributed by atoms with van der Waals surface area (Å²) < 4.78 is 10.8. The molecule has 1 amide bonds. The first-order chi connectivity index (χ1) is 14.6. The molecule has 0 radical (unpaired) electrons. The first kappa shape index (κ1) is 20.2. The van der Waals surface area contributed by atoms with Gasteiger partial charge in [-0.1, -0.05) is 48.0 Å². The molecule has 1 saturated carbocycles. The lowest BCUT2D eigenvalue weighted by Gasteiger charge is -2.16. The van der Waals surface area contributed by atoms with E-state index in [1.54, 1.807) is 12.3 Å². The Labute approximate surface area is 181 Å². The number of carbonyl (C=O) groups is 1. The maximum Gasteiger partial charge on any atom is 0.236 e. The van der Waals surface area contributed by atoms with E-state index in [0.29, 0.717) is 18.0 Å². The predicted molar refractivity (Wildman–Crippen MR) is 118 cm³/mol. The van der Waals surface area contributed by atoms with E-state index in [-0.39, 0.29) is 12.7 Å². The SMILES string of the molecule is C\C=N/C(=C\C=C\Cc1ccccc1Cl)NC(=O)C1(c2ccc3c(c2)OCO3)CC1. The molecule has 1 fully saturated rings. The van der Waals surface area contributed by atoms with Gasteiger partial charge in [0.05, 0.1) is 5.41 Å². The fourth-order valence-corrected chi connectivity index (χ4v) is 3.69. The molecular weight excluding hydrogens is 400 g/mol. The van der Waals surface area contributed by atoms with Gasteiger partial charge in [0.2, 0.25) is 12.7 Å². The Kier molecular flexibility index (Phi) is 5.91. The number of amides is 1. The molecule has 0 spiro atoms. The highest BCUT2D eigenvalue weighted by molar-refractivity contribution is 6.31. The van der Waals surface area contributed by atoms with E-state index in [1.165, 1.54) is 0 Å². The summed E-state index contributed by atoms with van der Waals surface area (Å²) in [6.07, 6.45) is 9.62. The Bertz CT molecular complexity index is 1040. The van der Waals surface area contributed by atoms with Crippen LogP contribution >= 0.6 is 11.6 Å². The van der Waals surface area contributed by atoms with E-state index in [9.17, 15) is 4.79 Å². The molecular formula is C24H23ClN2O3. The Morgan fingerprint density at radius 2 is 2.00 bits per heavy atom. The number of carbonyl (C=O) groups excluding carboxylic acids is 1. The summed E-state index contributed by atoms with van der Waals surface area (Å²) in [6, 6.07) is 13.4. The summed E-state index contributed by atoms with van der Waals surface area (Å²) >= 11 is 6.19. The highest BCUT2D eigenvalue weighted by atomic mass is 35.5. The van der Waals surface area contributed by atoms with Gasteiger partial charge in [-0.15, -0.1) is 0 Å². The molecule has 2 aliphatic rings. The van der Waals surface area contributed by atoms with Gasteiger partial charge in [0.1, 0.15) is 5.82 Å². The van der Waals surface area contributed by atoms with Crippen molar-refractivity contribution < 1.29 is 14.3 Å². The molecule has 1 aliphatic heterocycles. The van der Waals surface area contributed by atoms with Gasteiger partial charge in [-0.25, -0.2) is 4.99 Å². The predicted octanol–water partition coefficient (Wildman–Crippen LogP) is 4.95. The fraction of sp³-hybridized carbons (Fsp3) is 0.250. The van der Waals surface area contributed by atoms with Gasteiger partial charge in [-0.3, -0.25) is 4.79 Å². The molecule has 2 aromatic rings. The molecule has 6 heteroatoms. The monoisotopic (exact) mass is 422 g/mol. The standard InChI is InChI=1S/C24H23ClN2O3/c1-2-26-22(10-6-4-8-17-7-3-5-9-19(17)25)27-23(28)24(13-14-24)18-11-12-20-21(15-18)30-16-29-20/h2-7,9-12,15H,8,13-14,16H2,1H3,(H,27,28)/b6-4+,22-10+,26-2-. The molecule has 0 atom stereocenters. The van der Waals surface area contributed by atoms with Crippen molar-refractivity contribution in [2.45, 2.75) is 31.6 Å². The van der Waals surface area contributed by atoms with Gasteiger partial charge in [0, 0.05) is 11.2 Å². The minimum absolute atomic E-state index is 0.0577. The van der Waals surface area contributed by atoms with Gasteiger partial charge in [0.15, 0.2) is 11.5 Å². The van der Waals surface area contributed by atoms with Crippen LogP contribution in [0.5, 0.6) is 11.5 Å². The van der Waals surface area contributed by atoms with Crippen LogP contribution < -0.4 is 14.8 Å². The first-order valence-corrected chi connectivity index (χ1v) is 10.3. The molecule has 30 heavy (non-hydrogen) atoms. The van der Waals surface area contributed by atoms with Crippen LogP contribution in [0.1, 0.15) is 30.9 Å². The van der Waals surface area contributed by atoms with Crippen LogP contribution in [0.15, 0.2) is 71.5 Å². The Morgan fingerprint density at radius 3 is 2.77 bits per heavy atom. The number of nitrogens with one attached hydrogen (secondary N) is 1. The summed E-state index contributed by atoms with van der Waals surface area (Å²) in [5, 5.41) is 3.71. The maximum atomic E-state index is 13.1. The van der Waals surface area contributed by atoms with Crippen molar-refractivity contribution in [3.63, 3.8) is 0 Å². The van der Waals surface area contributed by atoms with Gasteiger partial charge in [-0.05, 0) is 61.6 Å². The second kappa shape index (κ2) is 8.76. The molecule has 1 heterocycles. The first-order valence-electron chi connectivity index (χ1n) is 9.93. The minimum Gasteiger partial charge on any atom is -0.454 e. The molecule has 2 aromatic carbocycles. The lowest BCUT2D eigenvalue weighted by Crippen LogP contribution is -2.33. The largest absolute Gasteiger partial charge is 0.454 e. The normalized spacial score (nSPS) is 16.9. The second-order valence-electron chi connectivity index (χ2n) is 7.27. The van der Waals surface area contributed by atoms with E-state index in [4.69, 9.17) is 21.1 Å². The van der Waals surface area contributed by atoms with E-state index in [1.807, 2.05) is 61.5 Å². The molecule has 0 unspecified atom stereocenters. The summed E-state index contributed by atoms with van der Waals surface area (Å²) in [6.45, 7) is 2.04. The summed E-state index contributed by atoms with van der Waals surface area (Å²) in [5.41, 5.74) is 1.46. The van der Waals surface area contributed by atoms with Gasteiger partial charge >= 0.3 is 0 Å². The average molecular weight is 423 g/mol. The van der Waals surface area contributed by atoms with Crippen LogP contribution in [0.2, 0.25) is 5.02 Å². The van der Waals surface area contributed by atoms with Crippen LogP contribution in [-0.4, -0.2) is 18.9 Å². The zero-order valence-corrected chi connectivity index (χ0v) is 17.5. The number of fused-ring (bicyclic) bond motifs is 1. The van der Waals surface area contributed by atoms with Crippen molar-refractivity contribution in [2.75, 3.05) is 6.79 Å². The highest BCUT2D eigenvalue weighted by Crippen LogP contribution is 2.50. The third-order valence-electron chi connectivity index (χ3n) is 5.31. The van der Waals surface area contributed by atoms with Crippen molar-refractivity contribution in [3.05, 3.63) is 82.7 Å². The number of rotatable bonds is 7. The number of aliphatic imine (C=N–C) groups is 1. The second-order valence-corrected chi connectivity index (χ2v) is 7.67. The number of benzene rings is 2. The van der Waals surface area contributed by atoms with Crippen LogP contribution in [0.3, 0.4) is 0 Å². The molecule has 0 bridgehead atoms. The summed E-state index contributed by atoms with van der Waals surface area (Å²) in [7, 11) is 0. The quantitative estimate of drug-likeness (QED) is 0.507. The molecule has 1 aliphatic carbocycles. The molecule has 154 valence electrons. The van der Waals surface area contributed by atoms with Crippen molar-refractivity contribution >= 4 is 23.7 Å². The van der Waals surface area contributed by atoms with Crippen molar-refractivity contribution in [2.24, 2.45) is 4.99 Å². The fourth-order valence-electron chi connectivity index (χ4n) is 3.48. The lowest BCUT2D eigenvalue weighted by atomic mass is 9.94. The third-order valence-corrected chi connectivity index (χ3v) is 5.67. The number of nitrogens with zero attached hydrogens (tertiary/aromatic N) is 1. The van der Waals surface area contributed by atoms with E-state index in [2.05, 4.69) is 10.3 Å². The maximum absolute atomic E-state index is 13.1. The molecule has 5 nitrogen and oxygen atoms in total.